The molecule has 1 amide bonds. The first-order valence-electron chi connectivity index (χ1n) is 10.4. The van der Waals surface area contributed by atoms with Crippen molar-refractivity contribution in [2.24, 2.45) is 0 Å². The zero-order chi connectivity index (χ0) is 19.3. The second-order valence-corrected chi connectivity index (χ2v) is 7.85. The third-order valence-corrected chi connectivity index (χ3v) is 6.00. The number of carbonyl (C=O) groups excluding carboxylic acids is 1. The second-order valence-electron chi connectivity index (χ2n) is 7.85. The van der Waals surface area contributed by atoms with Crippen LogP contribution in [0.25, 0.3) is 22.2 Å². The molecule has 1 aliphatic carbocycles. The normalized spacial score (nSPS) is 14.4. The molecule has 29 heavy (non-hydrogen) atoms. The van der Waals surface area contributed by atoms with Crippen molar-refractivity contribution in [1.82, 2.24) is 9.88 Å². The molecule has 152 valence electrons. The molecule has 4 rings (SSSR count). The predicted octanol–water partition coefficient (Wildman–Crippen LogP) is 6.26. The lowest BCUT2D eigenvalue weighted by Crippen LogP contribution is -2.38. The highest BCUT2D eigenvalue weighted by atomic mass is 16.2. The van der Waals surface area contributed by atoms with E-state index in [1.807, 2.05) is 42.3 Å². The van der Waals surface area contributed by atoms with Crippen molar-refractivity contribution in [3.8, 4) is 11.3 Å². The van der Waals surface area contributed by atoms with Gasteiger partial charge < -0.3 is 4.90 Å². The van der Waals surface area contributed by atoms with Crippen LogP contribution in [-0.4, -0.2) is 28.9 Å². The minimum atomic E-state index is 0. The Labute approximate surface area is 174 Å². The molecule has 1 heterocycles. The Morgan fingerprint density at radius 3 is 2.45 bits per heavy atom. The van der Waals surface area contributed by atoms with Crippen LogP contribution in [0, 0.1) is 0 Å². The monoisotopic (exact) mass is 388 g/mol. The van der Waals surface area contributed by atoms with Gasteiger partial charge in [-0.1, -0.05) is 75.2 Å². The van der Waals surface area contributed by atoms with Gasteiger partial charge in [0.25, 0.3) is 0 Å². The van der Waals surface area contributed by atoms with E-state index < -0.39 is 0 Å². The summed E-state index contributed by atoms with van der Waals surface area (Å²) in [6, 6.07) is 21.1. The van der Waals surface area contributed by atoms with E-state index in [4.69, 9.17) is 4.98 Å². The molecule has 1 aliphatic rings. The molecule has 0 atom stereocenters. The number of carbonyl (C=O) groups is 1. The van der Waals surface area contributed by atoms with E-state index in [2.05, 4.69) is 30.3 Å². The topological polar surface area (TPSA) is 33.2 Å². The lowest BCUT2D eigenvalue weighted by molar-refractivity contribution is -0.132. The van der Waals surface area contributed by atoms with Crippen molar-refractivity contribution in [3.05, 3.63) is 66.2 Å². The van der Waals surface area contributed by atoms with Gasteiger partial charge in [0.15, 0.2) is 0 Å². The van der Waals surface area contributed by atoms with Gasteiger partial charge in [0.05, 0.1) is 11.2 Å². The van der Waals surface area contributed by atoms with Gasteiger partial charge in [0, 0.05) is 30.5 Å². The maximum Gasteiger partial charge on any atom is 0.222 e. The third-order valence-electron chi connectivity index (χ3n) is 6.00. The molecule has 1 saturated carbocycles. The van der Waals surface area contributed by atoms with Crippen LogP contribution in [0.4, 0.5) is 0 Å². The van der Waals surface area contributed by atoms with Crippen LogP contribution in [0.15, 0.2) is 60.7 Å². The Morgan fingerprint density at radius 2 is 1.69 bits per heavy atom. The first-order chi connectivity index (χ1) is 13.7. The van der Waals surface area contributed by atoms with Crippen molar-refractivity contribution in [3.63, 3.8) is 0 Å². The Kier molecular flexibility index (Phi) is 7.03. The molecule has 3 heteroatoms. The fourth-order valence-electron chi connectivity index (χ4n) is 4.30. The third kappa shape index (κ3) is 4.84. The highest BCUT2D eigenvalue weighted by molar-refractivity contribution is 5.86. The van der Waals surface area contributed by atoms with Crippen LogP contribution in [-0.2, 0) is 11.2 Å². The Balaban J connectivity index is 0.00000240. The molecule has 0 aliphatic heterocycles. The van der Waals surface area contributed by atoms with Crippen LogP contribution in [0.5, 0.6) is 0 Å². The van der Waals surface area contributed by atoms with E-state index >= 15 is 0 Å². The number of pyridine rings is 1. The van der Waals surface area contributed by atoms with E-state index in [1.54, 1.807) is 0 Å². The number of aryl methyl sites for hydroxylation is 1. The number of para-hydroxylation sites is 1. The number of amides is 1. The molecule has 1 fully saturated rings. The highest BCUT2D eigenvalue weighted by Gasteiger charge is 2.22. The van der Waals surface area contributed by atoms with Crippen molar-refractivity contribution in [1.29, 1.82) is 0 Å². The molecule has 0 bridgehead atoms. The van der Waals surface area contributed by atoms with Gasteiger partial charge in [-0.15, -0.1) is 0 Å². The lowest BCUT2D eigenvalue weighted by atomic mass is 9.94. The maximum atomic E-state index is 12.8. The summed E-state index contributed by atoms with van der Waals surface area (Å²) < 4.78 is 0. The van der Waals surface area contributed by atoms with Crippen LogP contribution in [0.1, 0.15) is 51.5 Å². The summed E-state index contributed by atoms with van der Waals surface area (Å²) in [5, 5.41) is 1.15. The first kappa shape index (κ1) is 21.0. The molecule has 3 nitrogen and oxygen atoms in total. The zero-order valence-electron chi connectivity index (χ0n) is 16.6. The van der Waals surface area contributed by atoms with Gasteiger partial charge in [-0.2, -0.15) is 0 Å². The first-order valence-corrected chi connectivity index (χ1v) is 10.4. The van der Waals surface area contributed by atoms with E-state index in [9.17, 15) is 4.79 Å². The molecule has 0 spiro atoms. The molecule has 2 aromatic carbocycles. The van der Waals surface area contributed by atoms with Gasteiger partial charge in [-0.3, -0.25) is 4.79 Å². The summed E-state index contributed by atoms with van der Waals surface area (Å²) in [6.45, 7) is 0. The Hall–Kier alpha value is -2.68. The summed E-state index contributed by atoms with van der Waals surface area (Å²) >= 11 is 0. The second kappa shape index (κ2) is 9.69. The molecular formula is C26H32N2O. The van der Waals surface area contributed by atoms with Crippen LogP contribution in [0.2, 0.25) is 0 Å². The predicted molar refractivity (Wildman–Crippen MR) is 122 cm³/mol. The number of nitrogens with zero attached hydrogens (tertiary/aromatic N) is 2. The van der Waals surface area contributed by atoms with Crippen LogP contribution in [0.3, 0.4) is 0 Å². The number of aromatic nitrogens is 1. The maximum absolute atomic E-state index is 12.8. The molecule has 0 unspecified atom stereocenters. The summed E-state index contributed by atoms with van der Waals surface area (Å²) in [7, 11) is 1.98. The van der Waals surface area contributed by atoms with E-state index in [1.165, 1.54) is 24.8 Å². The van der Waals surface area contributed by atoms with E-state index in [0.717, 1.165) is 41.4 Å². The highest BCUT2D eigenvalue weighted by Crippen LogP contribution is 2.26. The Bertz CT molecular complexity index is 945. The van der Waals surface area contributed by atoms with Crippen molar-refractivity contribution < 1.29 is 4.79 Å². The fourth-order valence-corrected chi connectivity index (χ4v) is 4.30. The SMILES string of the molecule is C.CN(C(=O)CCc1cc(-c2ccccc2)nc2ccccc12)C1CCCCC1. The van der Waals surface area contributed by atoms with Gasteiger partial charge in [-0.05, 0) is 37.0 Å². The summed E-state index contributed by atoms with van der Waals surface area (Å²) in [6.07, 6.45) is 7.41. The molecular weight excluding hydrogens is 356 g/mol. The molecule has 3 aromatic rings. The smallest absolute Gasteiger partial charge is 0.222 e. The quantitative estimate of drug-likeness (QED) is 0.517. The molecule has 0 N–H and O–H groups in total. The van der Waals surface area contributed by atoms with Crippen molar-refractivity contribution in [2.75, 3.05) is 7.05 Å². The number of hydrogen-bond donors (Lipinski definition) is 0. The molecule has 0 saturated heterocycles. The van der Waals surface area contributed by atoms with Gasteiger partial charge in [-0.25, -0.2) is 4.98 Å². The standard InChI is InChI=1S/C25H28N2O.CH4/c1-27(21-12-6-3-7-13-21)25(28)17-16-20-18-24(19-10-4-2-5-11-19)26-23-15-9-8-14-22(20)23;/h2,4-5,8-11,14-15,18,21H,3,6-7,12-13,16-17H2,1H3;1H4. The largest absolute Gasteiger partial charge is 0.343 e. The zero-order valence-corrected chi connectivity index (χ0v) is 16.6. The van der Waals surface area contributed by atoms with Gasteiger partial charge in [0.2, 0.25) is 5.91 Å². The fraction of sp³-hybridized carbons (Fsp3) is 0.385. The number of hydrogen-bond acceptors (Lipinski definition) is 2. The minimum Gasteiger partial charge on any atom is -0.343 e. The van der Waals surface area contributed by atoms with Crippen LogP contribution < -0.4 is 0 Å². The average Bonchev–Trinajstić information content (AvgIpc) is 2.77. The summed E-state index contributed by atoms with van der Waals surface area (Å²) in [5.74, 6) is 0.258. The van der Waals surface area contributed by atoms with Crippen molar-refractivity contribution in [2.45, 2.75) is 58.4 Å². The van der Waals surface area contributed by atoms with Gasteiger partial charge >= 0.3 is 0 Å². The average molecular weight is 389 g/mol. The minimum absolute atomic E-state index is 0. The molecule has 1 aromatic heterocycles. The van der Waals surface area contributed by atoms with E-state index in [-0.39, 0.29) is 13.3 Å². The summed E-state index contributed by atoms with van der Waals surface area (Å²) in [4.78, 5) is 19.7. The lowest BCUT2D eigenvalue weighted by Gasteiger charge is -2.31. The Morgan fingerprint density at radius 1 is 1.00 bits per heavy atom. The number of benzene rings is 2. The summed E-state index contributed by atoms with van der Waals surface area (Å²) in [5.41, 5.74) is 4.28. The molecule has 0 radical (unpaired) electrons. The number of fused-ring (bicyclic) bond motifs is 1. The van der Waals surface area contributed by atoms with Gasteiger partial charge in [0.1, 0.15) is 0 Å². The number of rotatable bonds is 5. The van der Waals surface area contributed by atoms with Crippen LogP contribution >= 0.6 is 0 Å². The van der Waals surface area contributed by atoms with E-state index in [0.29, 0.717) is 12.5 Å². The van der Waals surface area contributed by atoms with Crippen molar-refractivity contribution >= 4 is 16.8 Å².